The van der Waals surface area contributed by atoms with Crippen LogP contribution in [0.1, 0.15) is 54.5 Å². The fourth-order valence-electron chi connectivity index (χ4n) is 3.50. The number of ether oxygens (including phenoxy) is 2. The molecule has 1 fully saturated rings. The number of hydrogen-bond acceptors (Lipinski definition) is 6. The number of nitrogens with zero attached hydrogens (tertiary/aromatic N) is 1. The van der Waals surface area contributed by atoms with Gasteiger partial charge in [0.25, 0.3) is 11.8 Å². The zero-order valence-electron chi connectivity index (χ0n) is 20.5. The number of hydrogen-bond donors (Lipinski definition) is 4. The molecule has 13 heteroatoms. The normalized spacial score (nSPS) is 14.1. The van der Waals surface area contributed by atoms with Crippen LogP contribution in [0.15, 0.2) is 33.3 Å². The van der Waals surface area contributed by atoms with Crippen LogP contribution >= 0.6 is 31.9 Å². The number of benzene rings is 1. The predicted molar refractivity (Wildman–Crippen MR) is 142 cm³/mol. The maximum atomic E-state index is 12.8. The van der Waals surface area contributed by atoms with Crippen molar-refractivity contribution in [3.8, 4) is 5.75 Å². The van der Waals surface area contributed by atoms with Gasteiger partial charge < -0.3 is 35.1 Å². The van der Waals surface area contributed by atoms with Crippen molar-refractivity contribution in [1.82, 2.24) is 15.2 Å². The van der Waals surface area contributed by atoms with Crippen molar-refractivity contribution in [1.29, 1.82) is 0 Å². The number of carbonyl (C=O) groups is 4. The van der Waals surface area contributed by atoms with Crippen LogP contribution in [0.5, 0.6) is 5.75 Å². The number of rotatable bonds is 7. The second-order valence-corrected chi connectivity index (χ2v) is 11.0. The van der Waals surface area contributed by atoms with E-state index in [0.717, 1.165) is 0 Å². The number of anilines is 1. The van der Waals surface area contributed by atoms with Gasteiger partial charge in [0.15, 0.2) is 0 Å². The number of carboxylic acid groups (broad SMARTS) is 1. The van der Waals surface area contributed by atoms with Gasteiger partial charge in [-0.2, -0.15) is 0 Å². The molecule has 0 radical (unpaired) electrons. The van der Waals surface area contributed by atoms with Gasteiger partial charge in [-0.25, -0.2) is 4.79 Å². The van der Waals surface area contributed by atoms with Crippen molar-refractivity contribution in [3.63, 3.8) is 0 Å². The number of aromatic amines is 1. The summed E-state index contributed by atoms with van der Waals surface area (Å²) >= 11 is 6.63. The van der Waals surface area contributed by atoms with E-state index in [9.17, 15) is 19.2 Å². The van der Waals surface area contributed by atoms with E-state index in [1.807, 2.05) is 0 Å². The molecule has 0 aliphatic carbocycles. The predicted octanol–water partition coefficient (Wildman–Crippen LogP) is 4.38. The van der Waals surface area contributed by atoms with Gasteiger partial charge in [-0.1, -0.05) is 0 Å². The Balaban J connectivity index is 1.76. The molecular formula is C24H28Br2N4O7. The molecule has 2 aromatic rings. The molecule has 3 rings (SSSR count). The summed E-state index contributed by atoms with van der Waals surface area (Å²) < 4.78 is 12.9. The van der Waals surface area contributed by atoms with Gasteiger partial charge in [0.2, 0.25) is 0 Å². The fraction of sp³-hybridized carbons (Fsp3) is 0.417. The van der Waals surface area contributed by atoms with E-state index >= 15 is 0 Å². The molecule has 4 N–H and O–H groups in total. The average Bonchev–Trinajstić information content (AvgIpc) is 3.16. The molecule has 1 aliphatic rings. The van der Waals surface area contributed by atoms with Crippen LogP contribution in [0.2, 0.25) is 0 Å². The van der Waals surface area contributed by atoms with Crippen LogP contribution in [0.4, 0.5) is 10.5 Å². The Morgan fingerprint density at radius 1 is 1.11 bits per heavy atom. The second-order valence-electron chi connectivity index (χ2n) is 9.37. The number of aliphatic carboxylic acids is 1. The van der Waals surface area contributed by atoms with Gasteiger partial charge in [0, 0.05) is 31.5 Å². The van der Waals surface area contributed by atoms with E-state index in [0.29, 0.717) is 46.4 Å². The molecule has 1 aromatic heterocycles. The van der Waals surface area contributed by atoms with E-state index in [2.05, 4.69) is 47.5 Å². The summed E-state index contributed by atoms with van der Waals surface area (Å²) in [5.41, 5.74) is 0.199. The first-order chi connectivity index (χ1) is 17.3. The Morgan fingerprint density at radius 3 is 2.35 bits per heavy atom. The Kier molecular flexibility index (Phi) is 9.24. The number of carbonyl (C=O) groups excluding carboxylic acids is 3. The maximum absolute atomic E-state index is 12.8. The first kappa shape index (κ1) is 28.5. The zero-order chi connectivity index (χ0) is 27.3. The molecule has 2 heterocycles. The van der Waals surface area contributed by atoms with E-state index in [1.165, 1.54) is 18.2 Å². The van der Waals surface area contributed by atoms with Gasteiger partial charge in [-0.3, -0.25) is 14.4 Å². The van der Waals surface area contributed by atoms with Crippen molar-refractivity contribution >= 4 is 61.4 Å². The van der Waals surface area contributed by atoms with E-state index < -0.39 is 29.9 Å². The van der Waals surface area contributed by atoms with Gasteiger partial charge in [-0.05, 0) is 76.9 Å². The smallest absolute Gasteiger partial charge is 0.410 e. The first-order valence-corrected chi connectivity index (χ1v) is 13.0. The minimum atomic E-state index is -1.17. The fourth-order valence-corrected chi connectivity index (χ4v) is 4.16. The topological polar surface area (TPSA) is 150 Å². The molecular weight excluding hydrogens is 616 g/mol. The van der Waals surface area contributed by atoms with E-state index in [4.69, 9.17) is 14.6 Å². The molecule has 11 nitrogen and oxygen atoms in total. The average molecular weight is 644 g/mol. The first-order valence-electron chi connectivity index (χ1n) is 11.5. The lowest BCUT2D eigenvalue weighted by molar-refractivity contribution is -0.135. The Labute approximate surface area is 230 Å². The number of amides is 3. The molecule has 1 saturated heterocycles. The number of piperidine rings is 1. The highest BCUT2D eigenvalue weighted by atomic mass is 79.9. The summed E-state index contributed by atoms with van der Waals surface area (Å²) in [5.74, 6) is -1.95. The number of likely N-dealkylation sites (tertiary alicyclic amines) is 1. The maximum Gasteiger partial charge on any atom is 0.410 e. The summed E-state index contributed by atoms with van der Waals surface area (Å²) in [6.45, 7) is 5.73. The molecule has 0 spiro atoms. The lowest BCUT2D eigenvalue weighted by Crippen LogP contribution is -2.44. The van der Waals surface area contributed by atoms with Crippen molar-refractivity contribution in [3.05, 3.63) is 44.6 Å². The van der Waals surface area contributed by atoms with Gasteiger partial charge in [-0.15, -0.1) is 0 Å². The molecule has 3 amide bonds. The highest BCUT2D eigenvalue weighted by molar-refractivity contribution is 9.13. The minimum Gasteiger partial charge on any atom is -0.488 e. The largest absolute Gasteiger partial charge is 0.488 e. The summed E-state index contributed by atoms with van der Waals surface area (Å²) in [4.78, 5) is 52.9. The number of aromatic nitrogens is 1. The Bertz CT molecular complexity index is 1160. The lowest BCUT2D eigenvalue weighted by Gasteiger charge is -2.33. The Morgan fingerprint density at radius 2 is 1.78 bits per heavy atom. The van der Waals surface area contributed by atoms with Gasteiger partial charge in [0.05, 0.1) is 14.8 Å². The van der Waals surface area contributed by atoms with Crippen LogP contribution in [-0.2, 0) is 9.53 Å². The highest BCUT2D eigenvalue weighted by Crippen LogP contribution is 2.31. The molecule has 0 bridgehead atoms. The summed E-state index contributed by atoms with van der Waals surface area (Å²) in [6.07, 6.45) is 0.344. The Hall–Kier alpha value is -3.06. The highest BCUT2D eigenvalue weighted by Gasteiger charge is 2.28. The van der Waals surface area contributed by atoms with Crippen molar-refractivity contribution in [2.75, 3.05) is 25.0 Å². The van der Waals surface area contributed by atoms with Crippen LogP contribution < -0.4 is 15.4 Å². The van der Waals surface area contributed by atoms with Crippen molar-refractivity contribution < 1.29 is 33.8 Å². The van der Waals surface area contributed by atoms with Crippen LogP contribution in [-0.4, -0.2) is 70.2 Å². The minimum absolute atomic E-state index is 0.172. The molecule has 0 unspecified atom stereocenters. The standard InChI is InChI=1S/C24H28Br2N4O7/c1-24(2,3)37-23(35)30-8-6-14(7-9-30)36-18-10-13(21(33)27-12-19(31)32)4-5-16(18)29-22(34)17-11-15(25)20(26)28-17/h4-5,10-11,14,28H,6-9,12H2,1-3H3,(H,27,33)(H,29,34)(H,31,32). The lowest BCUT2D eigenvalue weighted by atomic mass is 10.1. The summed E-state index contributed by atoms with van der Waals surface area (Å²) in [7, 11) is 0. The zero-order valence-corrected chi connectivity index (χ0v) is 23.7. The molecule has 37 heavy (non-hydrogen) atoms. The third-order valence-corrected chi connectivity index (χ3v) is 7.03. The van der Waals surface area contributed by atoms with Crippen molar-refractivity contribution in [2.24, 2.45) is 0 Å². The molecule has 1 aliphatic heterocycles. The number of H-pyrrole nitrogens is 1. The van der Waals surface area contributed by atoms with Crippen molar-refractivity contribution in [2.45, 2.75) is 45.3 Å². The van der Waals surface area contributed by atoms with Gasteiger partial charge in [0.1, 0.15) is 29.7 Å². The van der Waals surface area contributed by atoms with Crippen LogP contribution in [0.3, 0.4) is 0 Å². The quantitative estimate of drug-likeness (QED) is 0.350. The number of carboxylic acids is 1. The van der Waals surface area contributed by atoms with Crippen LogP contribution in [0, 0.1) is 0 Å². The molecule has 0 saturated carbocycles. The molecule has 200 valence electrons. The third kappa shape index (κ3) is 8.22. The monoisotopic (exact) mass is 642 g/mol. The molecule has 1 aromatic carbocycles. The summed E-state index contributed by atoms with van der Waals surface area (Å²) in [6, 6.07) is 6.05. The SMILES string of the molecule is CC(C)(C)OC(=O)N1CCC(Oc2cc(C(=O)NCC(=O)O)ccc2NC(=O)c2cc(Br)c(Br)[nH]2)CC1. The number of halogens is 2. The summed E-state index contributed by atoms with van der Waals surface area (Å²) in [5, 5.41) is 13.9. The third-order valence-electron chi connectivity index (χ3n) is 5.25. The molecule has 0 atom stereocenters. The second kappa shape index (κ2) is 12.0. The van der Waals surface area contributed by atoms with E-state index in [-0.39, 0.29) is 23.5 Å². The van der Waals surface area contributed by atoms with Gasteiger partial charge >= 0.3 is 12.1 Å². The van der Waals surface area contributed by atoms with Crippen LogP contribution in [0.25, 0.3) is 0 Å². The number of nitrogens with one attached hydrogen (secondary N) is 3. The van der Waals surface area contributed by atoms with E-state index in [1.54, 1.807) is 31.7 Å².